The largest absolute Gasteiger partial charge is 0.387 e. The van der Waals surface area contributed by atoms with E-state index in [1.807, 2.05) is 0 Å². The van der Waals surface area contributed by atoms with Crippen LogP contribution in [-0.4, -0.2) is 18.2 Å². The summed E-state index contributed by atoms with van der Waals surface area (Å²) in [6, 6.07) is 6.38. The molecule has 3 rings (SSSR count). The molecule has 1 aliphatic carbocycles. The molecule has 1 aromatic rings. The summed E-state index contributed by atoms with van der Waals surface area (Å²) in [6.45, 7) is 3.91. The highest BCUT2D eigenvalue weighted by Gasteiger charge is 2.40. The van der Waals surface area contributed by atoms with Gasteiger partial charge < -0.3 is 10.4 Å². The van der Waals surface area contributed by atoms with Gasteiger partial charge in [0.05, 0.1) is 6.10 Å². The molecule has 0 radical (unpaired) electrons. The molecule has 1 aliphatic heterocycles. The number of benzene rings is 1. The third-order valence-electron chi connectivity index (χ3n) is 4.56. The molecule has 1 heterocycles. The van der Waals surface area contributed by atoms with Gasteiger partial charge in [0, 0.05) is 18.5 Å². The normalized spacial score (nSPS) is 26.8. The van der Waals surface area contributed by atoms with Crippen LogP contribution in [0.15, 0.2) is 18.2 Å². The van der Waals surface area contributed by atoms with Crippen LogP contribution in [0.25, 0.3) is 0 Å². The molecule has 17 heavy (non-hydrogen) atoms. The molecule has 1 aromatic carbocycles. The molecular weight excluding hydrogens is 210 g/mol. The standard InChI is InChI=1S/C15H21NO/c1-11-5-4-6-12-13(17)9-16-10-15(14(11)12)7-2-3-8-15/h4-6,13,16-17H,2-3,7-10H2,1H3. The summed E-state index contributed by atoms with van der Waals surface area (Å²) >= 11 is 0. The van der Waals surface area contributed by atoms with Crippen LogP contribution in [0.4, 0.5) is 0 Å². The van der Waals surface area contributed by atoms with Gasteiger partial charge in [-0.25, -0.2) is 0 Å². The Hall–Kier alpha value is -0.860. The number of β-amino-alcohol motifs (C(OH)–C–C–N with tert-alkyl or cyclic N) is 1. The Kier molecular flexibility index (Phi) is 2.72. The molecule has 0 aromatic heterocycles. The molecule has 1 saturated carbocycles. The number of hydrogen-bond donors (Lipinski definition) is 2. The van der Waals surface area contributed by atoms with E-state index in [-0.39, 0.29) is 11.5 Å². The molecule has 0 saturated heterocycles. The lowest BCUT2D eigenvalue weighted by Crippen LogP contribution is -2.35. The summed E-state index contributed by atoms with van der Waals surface area (Å²) in [7, 11) is 0. The van der Waals surface area contributed by atoms with Gasteiger partial charge in [-0.3, -0.25) is 0 Å². The van der Waals surface area contributed by atoms with E-state index in [0.29, 0.717) is 6.54 Å². The lowest BCUT2D eigenvalue weighted by Gasteiger charge is -2.31. The lowest BCUT2D eigenvalue weighted by molar-refractivity contribution is 0.177. The smallest absolute Gasteiger partial charge is 0.0917 e. The first kappa shape index (κ1) is 11.2. The molecule has 1 atom stereocenters. The lowest BCUT2D eigenvalue weighted by atomic mass is 9.74. The van der Waals surface area contributed by atoms with Crippen molar-refractivity contribution in [3.05, 3.63) is 34.9 Å². The topological polar surface area (TPSA) is 32.3 Å². The summed E-state index contributed by atoms with van der Waals surface area (Å²) in [5, 5.41) is 13.7. The van der Waals surface area contributed by atoms with Crippen LogP contribution in [-0.2, 0) is 5.41 Å². The maximum absolute atomic E-state index is 10.2. The van der Waals surface area contributed by atoms with Crippen molar-refractivity contribution in [3.63, 3.8) is 0 Å². The molecule has 2 nitrogen and oxygen atoms in total. The molecular formula is C15H21NO. The fraction of sp³-hybridized carbons (Fsp3) is 0.600. The third-order valence-corrected chi connectivity index (χ3v) is 4.56. The average molecular weight is 231 g/mol. The van der Waals surface area contributed by atoms with Crippen LogP contribution in [0.1, 0.15) is 48.5 Å². The van der Waals surface area contributed by atoms with Gasteiger partial charge in [-0.2, -0.15) is 0 Å². The predicted octanol–water partition coefficient (Wildman–Crippen LogP) is 2.44. The minimum Gasteiger partial charge on any atom is -0.387 e. The van der Waals surface area contributed by atoms with E-state index in [4.69, 9.17) is 0 Å². The van der Waals surface area contributed by atoms with E-state index < -0.39 is 0 Å². The molecule has 0 amide bonds. The number of fused-ring (bicyclic) bond motifs is 2. The predicted molar refractivity (Wildman–Crippen MR) is 69.2 cm³/mol. The van der Waals surface area contributed by atoms with Crippen LogP contribution in [0.3, 0.4) is 0 Å². The quantitative estimate of drug-likeness (QED) is 0.719. The van der Waals surface area contributed by atoms with Crippen LogP contribution in [0.5, 0.6) is 0 Å². The van der Waals surface area contributed by atoms with Crippen LogP contribution in [0, 0.1) is 6.92 Å². The SMILES string of the molecule is Cc1cccc2c1C1(CCCC1)CNCC2O. The van der Waals surface area contributed by atoms with E-state index in [1.165, 1.54) is 36.8 Å². The monoisotopic (exact) mass is 231 g/mol. The zero-order chi connectivity index (χ0) is 11.9. The maximum Gasteiger partial charge on any atom is 0.0917 e. The minimum atomic E-state index is -0.343. The Morgan fingerprint density at radius 2 is 2.06 bits per heavy atom. The molecule has 2 N–H and O–H groups in total. The summed E-state index contributed by atoms with van der Waals surface area (Å²) < 4.78 is 0. The second kappa shape index (κ2) is 4.11. The van der Waals surface area contributed by atoms with Crippen LogP contribution >= 0.6 is 0 Å². The molecule has 1 unspecified atom stereocenters. The van der Waals surface area contributed by atoms with Crippen molar-refractivity contribution in [1.29, 1.82) is 0 Å². The van der Waals surface area contributed by atoms with Crippen molar-refractivity contribution in [1.82, 2.24) is 5.32 Å². The number of rotatable bonds is 0. The molecule has 92 valence electrons. The van der Waals surface area contributed by atoms with Crippen LogP contribution in [0.2, 0.25) is 0 Å². The summed E-state index contributed by atoms with van der Waals surface area (Å²) in [4.78, 5) is 0. The number of nitrogens with one attached hydrogen (secondary N) is 1. The number of aliphatic hydroxyl groups excluding tert-OH is 1. The molecule has 2 aliphatic rings. The highest BCUT2D eigenvalue weighted by molar-refractivity contribution is 5.44. The zero-order valence-electron chi connectivity index (χ0n) is 10.5. The molecule has 1 spiro atoms. The molecule has 2 heteroatoms. The summed E-state index contributed by atoms with van der Waals surface area (Å²) in [6.07, 6.45) is 4.84. The molecule has 1 fully saturated rings. The van der Waals surface area contributed by atoms with Gasteiger partial charge in [0.2, 0.25) is 0 Å². The Bertz CT molecular complexity index is 421. The summed E-state index contributed by atoms with van der Waals surface area (Å²) in [5.74, 6) is 0. The first-order valence-corrected chi connectivity index (χ1v) is 6.72. The average Bonchev–Trinajstić information content (AvgIpc) is 2.72. The van der Waals surface area contributed by atoms with Gasteiger partial charge in [-0.15, -0.1) is 0 Å². The van der Waals surface area contributed by atoms with Crippen molar-refractivity contribution in [2.75, 3.05) is 13.1 Å². The fourth-order valence-corrected chi connectivity index (χ4v) is 3.82. The Morgan fingerprint density at radius 1 is 1.29 bits per heavy atom. The van der Waals surface area contributed by atoms with Gasteiger partial charge in [0.15, 0.2) is 0 Å². The van der Waals surface area contributed by atoms with E-state index in [1.54, 1.807) is 0 Å². The highest BCUT2D eigenvalue weighted by Crippen LogP contribution is 2.45. The highest BCUT2D eigenvalue weighted by atomic mass is 16.3. The zero-order valence-corrected chi connectivity index (χ0v) is 10.5. The van der Waals surface area contributed by atoms with Crippen LogP contribution < -0.4 is 5.32 Å². The van der Waals surface area contributed by atoms with Crippen molar-refractivity contribution in [3.8, 4) is 0 Å². The number of aryl methyl sites for hydroxylation is 1. The fourth-order valence-electron chi connectivity index (χ4n) is 3.82. The van der Waals surface area contributed by atoms with Crippen molar-refractivity contribution in [2.24, 2.45) is 0 Å². The Balaban J connectivity index is 2.18. The first-order chi connectivity index (χ1) is 8.23. The van der Waals surface area contributed by atoms with E-state index in [0.717, 1.165) is 12.1 Å². The van der Waals surface area contributed by atoms with Gasteiger partial charge in [-0.1, -0.05) is 31.0 Å². The van der Waals surface area contributed by atoms with Gasteiger partial charge >= 0.3 is 0 Å². The number of hydrogen-bond acceptors (Lipinski definition) is 2. The molecule has 0 bridgehead atoms. The van der Waals surface area contributed by atoms with Gasteiger partial charge in [0.25, 0.3) is 0 Å². The Labute approximate surface area is 103 Å². The van der Waals surface area contributed by atoms with E-state index in [2.05, 4.69) is 30.4 Å². The van der Waals surface area contributed by atoms with E-state index >= 15 is 0 Å². The second-order valence-corrected chi connectivity index (χ2v) is 5.67. The van der Waals surface area contributed by atoms with Crippen molar-refractivity contribution in [2.45, 2.75) is 44.1 Å². The number of aliphatic hydroxyl groups is 1. The third kappa shape index (κ3) is 1.71. The van der Waals surface area contributed by atoms with Crippen molar-refractivity contribution < 1.29 is 5.11 Å². The Morgan fingerprint density at radius 3 is 2.82 bits per heavy atom. The second-order valence-electron chi connectivity index (χ2n) is 5.67. The van der Waals surface area contributed by atoms with Crippen molar-refractivity contribution >= 4 is 0 Å². The van der Waals surface area contributed by atoms with Gasteiger partial charge in [0.1, 0.15) is 0 Å². The van der Waals surface area contributed by atoms with Gasteiger partial charge in [-0.05, 0) is 36.5 Å². The summed E-state index contributed by atoms with van der Waals surface area (Å²) in [5.41, 5.74) is 4.25. The minimum absolute atomic E-state index is 0.290. The maximum atomic E-state index is 10.2. The van der Waals surface area contributed by atoms with E-state index in [9.17, 15) is 5.11 Å². The first-order valence-electron chi connectivity index (χ1n) is 6.72.